The van der Waals surface area contributed by atoms with E-state index in [4.69, 9.17) is 19.1 Å². The fraction of sp³-hybridized carbons (Fsp3) is 0.652. The minimum atomic E-state index is -4.66. The van der Waals surface area contributed by atoms with Crippen LogP contribution in [0.2, 0.25) is 0 Å². The molecule has 4 atom stereocenters. The summed E-state index contributed by atoms with van der Waals surface area (Å²) in [5.41, 5.74) is 0. The molecule has 0 amide bonds. The van der Waals surface area contributed by atoms with Gasteiger partial charge in [-0.25, -0.2) is 4.57 Å². The average molecular weight is 837 g/mol. The molecule has 0 rings (SSSR count). The number of hydrogen-bond donors (Lipinski definition) is 4. The van der Waals surface area contributed by atoms with E-state index in [0.29, 0.717) is 25.7 Å². The number of aliphatic hydroxyl groups is 3. The maximum Gasteiger partial charge on any atom is 0.472 e. The molecule has 0 aromatic rings. The van der Waals surface area contributed by atoms with Crippen molar-refractivity contribution in [3.63, 3.8) is 0 Å². The van der Waals surface area contributed by atoms with Gasteiger partial charge < -0.3 is 29.7 Å². The van der Waals surface area contributed by atoms with Gasteiger partial charge in [-0.2, -0.15) is 0 Å². The molecule has 0 bridgehead atoms. The highest BCUT2D eigenvalue weighted by Crippen LogP contribution is 2.43. The van der Waals surface area contributed by atoms with Crippen LogP contribution in [0.15, 0.2) is 85.1 Å². The zero-order valence-electron chi connectivity index (χ0n) is 35.6. The molecule has 4 N–H and O–H groups in total. The van der Waals surface area contributed by atoms with Gasteiger partial charge >= 0.3 is 19.8 Å². The summed E-state index contributed by atoms with van der Waals surface area (Å²) < 4.78 is 32.6. The van der Waals surface area contributed by atoms with Crippen molar-refractivity contribution in [1.29, 1.82) is 0 Å². The van der Waals surface area contributed by atoms with Crippen molar-refractivity contribution in [2.75, 3.05) is 26.4 Å². The molecule has 11 nitrogen and oxygen atoms in total. The molecule has 0 fully saturated rings. The summed E-state index contributed by atoms with van der Waals surface area (Å²) in [6.07, 6.45) is 45.1. The van der Waals surface area contributed by atoms with Gasteiger partial charge in [0.1, 0.15) is 12.7 Å². The molecule has 0 aromatic heterocycles. The van der Waals surface area contributed by atoms with Crippen molar-refractivity contribution >= 4 is 19.8 Å². The van der Waals surface area contributed by atoms with Gasteiger partial charge in [0, 0.05) is 12.8 Å². The van der Waals surface area contributed by atoms with Gasteiger partial charge in [0.25, 0.3) is 0 Å². The van der Waals surface area contributed by atoms with Crippen LogP contribution in [0, 0.1) is 0 Å². The highest BCUT2D eigenvalue weighted by molar-refractivity contribution is 7.47. The van der Waals surface area contributed by atoms with E-state index in [1.54, 1.807) is 0 Å². The summed E-state index contributed by atoms with van der Waals surface area (Å²) in [5.74, 6) is -1.08. The lowest BCUT2D eigenvalue weighted by molar-refractivity contribution is -0.161. The number of carbonyl (C=O) groups is 2. The Labute approximate surface area is 350 Å². The molecule has 0 saturated carbocycles. The topological polar surface area (TPSA) is 169 Å². The average Bonchev–Trinajstić information content (AvgIpc) is 3.21. The van der Waals surface area contributed by atoms with Crippen molar-refractivity contribution in [3.8, 4) is 0 Å². The second-order valence-corrected chi connectivity index (χ2v) is 15.6. The summed E-state index contributed by atoms with van der Waals surface area (Å²) in [6, 6.07) is 0. The molecule has 0 radical (unpaired) electrons. The second-order valence-electron chi connectivity index (χ2n) is 14.2. The number of esters is 2. The second kappa shape index (κ2) is 40.9. The van der Waals surface area contributed by atoms with Gasteiger partial charge in [-0.05, 0) is 89.9 Å². The largest absolute Gasteiger partial charge is 0.472 e. The Hall–Kier alpha value is -2.89. The Morgan fingerprint density at radius 1 is 0.552 bits per heavy atom. The van der Waals surface area contributed by atoms with Gasteiger partial charge in [-0.15, -0.1) is 0 Å². The first-order valence-corrected chi connectivity index (χ1v) is 23.1. The van der Waals surface area contributed by atoms with E-state index >= 15 is 0 Å². The fourth-order valence-corrected chi connectivity index (χ4v) is 5.95. The molecule has 0 aliphatic heterocycles. The molecule has 58 heavy (non-hydrogen) atoms. The van der Waals surface area contributed by atoms with Crippen LogP contribution in [0.1, 0.15) is 149 Å². The fourth-order valence-electron chi connectivity index (χ4n) is 5.16. The lowest BCUT2D eigenvalue weighted by atomic mass is 10.1. The molecule has 0 aromatic carbocycles. The highest BCUT2D eigenvalue weighted by Gasteiger charge is 2.27. The van der Waals surface area contributed by atoms with Gasteiger partial charge in [0.15, 0.2) is 6.10 Å². The first kappa shape index (κ1) is 55.1. The van der Waals surface area contributed by atoms with Gasteiger partial charge in [-0.1, -0.05) is 131 Å². The van der Waals surface area contributed by atoms with Crippen LogP contribution in [-0.2, 0) is 32.7 Å². The van der Waals surface area contributed by atoms with Gasteiger partial charge in [0.2, 0.25) is 0 Å². The van der Waals surface area contributed by atoms with Crippen LogP contribution in [-0.4, -0.2) is 76.9 Å². The molecule has 0 spiro atoms. The zero-order valence-corrected chi connectivity index (χ0v) is 36.5. The van der Waals surface area contributed by atoms with Crippen molar-refractivity contribution < 1.29 is 52.9 Å². The Morgan fingerprint density at radius 2 is 1.00 bits per heavy atom. The monoisotopic (exact) mass is 837 g/mol. The third kappa shape index (κ3) is 39.9. The lowest BCUT2D eigenvalue weighted by Gasteiger charge is -2.20. The van der Waals surface area contributed by atoms with E-state index in [-0.39, 0.29) is 25.6 Å². The number of phosphoric acid groups is 1. The zero-order chi connectivity index (χ0) is 42.8. The molecular formula is C46H77O11P. The number of phosphoric ester groups is 1. The SMILES string of the molecule is CCCCCCCC/C=C\C/C=C\C/C=C\CCCC(=O)O[C@H](COC(=O)CCC/C=C\C/C=C\C/C=C\C/C=C\CC[C@@H](O)CC)COP(=O)(O)OC[C@@H](O)CO. The van der Waals surface area contributed by atoms with E-state index < -0.39 is 51.8 Å². The maximum atomic E-state index is 12.6. The van der Waals surface area contributed by atoms with Crippen LogP contribution in [0.5, 0.6) is 0 Å². The summed E-state index contributed by atoms with van der Waals surface area (Å²) in [7, 11) is -4.66. The van der Waals surface area contributed by atoms with Crippen LogP contribution in [0.3, 0.4) is 0 Å². The van der Waals surface area contributed by atoms with Gasteiger partial charge in [0.05, 0.1) is 25.9 Å². The van der Waals surface area contributed by atoms with E-state index in [9.17, 15) is 29.3 Å². The van der Waals surface area contributed by atoms with Crippen LogP contribution in [0.25, 0.3) is 0 Å². The number of hydrogen-bond acceptors (Lipinski definition) is 10. The number of allylic oxidation sites excluding steroid dienone is 14. The van der Waals surface area contributed by atoms with E-state index in [2.05, 4.69) is 72.2 Å². The number of rotatable bonds is 39. The van der Waals surface area contributed by atoms with Crippen molar-refractivity contribution in [3.05, 3.63) is 85.1 Å². The summed E-state index contributed by atoms with van der Waals surface area (Å²) in [5, 5.41) is 27.9. The lowest BCUT2D eigenvalue weighted by Crippen LogP contribution is -2.29. The summed E-state index contributed by atoms with van der Waals surface area (Å²) in [4.78, 5) is 34.9. The van der Waals surface area contributed by atoms with Crippen molar-refractivity contribution in [2.24, 2.45) is 0 Å². The summed E-state index contributed by atoms with van der Waals surface area (Å²) >= 11 is 0. The third-order valence-electron chi connectivity index (χ3n) is 8.69. The molecule has 1 unspecified atom stereocenters. The number of carbonyl (C=O) groups excluding carboxylic acids is 2. The first-order chi connectivity index (χ1) is 28.1. The van der Waals surface area contributed by atoms with E-state index in [1.807, 2.05) is 31.2 Å². The quantitative estimate of drug-likeness (QED) is 0.0201. The Morgan fingerprint density at radius 3 is 1.52 bits per heavy atom. The maximum absolute atomic E-state index is 12.6. The molecular weight excluding hydrogens is 759 g/mol. The van der Waals surface area contributed by atoms with Crippen LogP contribution >= 0.6 is 7.82 Å². The molecule has 12 heteroatoms. The van der Waals surface area contributed by atoms with Gasteiger partial charge in [-0.3, -0.25) is 18.6 Å². The number of aliphatic hydroxyl groups excluding tert-OH is 3. The first-order valence-electron chi connectivity index (χ1n) is 21.6. The van der Waals surface area contributed by atoms with Crippen LogP contribution < -0.4 is 0 Å². The molecule has 0 heterocycles. The summed E-state index contributed by atoms with van der Waals surface area (Å²) in [6.45, 7) is 1.94. The molecule has 0 aliphatic carbocycles. The minimum Gasteiger partial charge on any atom is -0.462 e. The smallest absolute Gasteiger partial charge is 0.462 e. The standard InChI is InChI=1S/C46H77O11P/c1-3-5-6-7-8-9-10-11-12-13-14-19-22-25-28-31-34-37-46(51)57-44(41-56-58(52,53)55-39-43(49)38-47)40-54-45(50)36-33-30-27-24-21-18-16-15-17-20-23-26-29-32-35-42(48)4-2/h11-12,14,16-20,24-29,42-44,47-49H,3-10,13,15,21-23,30-41H2,1-2H3,(H,52,53)/b12-11-,18-16-,19-14-,20-17-,27-24-,28-25-,29-26-/t42-,43-,44+/m0/s1. The highest BCUT2D eigenvalue weighted by atomic mass is 31.2. The third-order valence-corrected chi connectivity index (χ3v) is 9.64. The molecule has 0 saturated heterocycles. The number of unbranched alkanes of at least 4 members (excludes halogenated alkanes) is 8. The predicted molar refractivity (Wildman–Crippen MR) is 234 cm³/mol. The normalized spacial score (nSPS) is 15.2. The Balaban J connectivity index is 4.51. The van der Waals surface area contributed by atoms with Crippen LogP contribution in [0.4, 0.5) is 0 Å². The van der Waals surface area contributed by atoms with E-state index in [1.165, 1.54) is 38.5 Å². The van der Waals surface area contributed by atoms with Crippen molar-refractivity contribution in [2.45, 2.75) is 167 Å². The minimum absolute atomic E-state index is 0.0894. The predicted octanol–water partition coefficient (Wildman–Crippen LogP) is 10.4. The molecule has 332 valence electrons. The molecule has 0 aliphatic rings. The van der Waals surface area contributed by atoms with Crippen molar-refractivity contribution in [1.82, 2.24) is 0 Å². The van der Waals surface area contributed by atoms with E-state index in [0.717, 1.165) is 57.8 Å². The Bertz CT molecular complexity index is 1250. The Kier molecular flexibility index (Phi) is 38.8. The number of ether oxygens (including phenoxy) is 2.